The average Bonchev–Trinajstić information content (AvgIpc) is 2.37. The SMILES string of the molecule is N#CCC(=O)N1C(=[N+]=[N-])CCc2ccccc21. The monoisotopic (exact) mass is 226 g/mol. The van der Waals surface area contributed by atoms with Crippen molar-refractivity contribution in [3.63, 3.8) is 0 Å². The molecule has 1 aliphatic heterocycles. The third-order valence-electron chi connectivity index (χ3n) is 2.70. The normalized spacial score (nSPS) is 13.6. The molecule has 0 unspecified atom stereocenters. The maximum absolute atomic E-state index is 11.8. The molecule has 1 heterocycles. The lowest BCUT2D eigenvalue weighted by Crippen LogP contribution is -2.40. The number of para-hydroxylation sites is 1. The lowest BCUT2D eigenvalue weighted by atomic mass is 10.0. The van der Waals surface area contributed by atoms with Gasteiger partial charge in [-0.05, 0) is 12.5 Å². The fourth-order valence-electron chi connectivity index (χ4n) is 1.96. The van der Waals surface area contributed by atoms with Gasteiger partial charge in [0.05, 0.1) is 12.5 Å². The van der Waals surface area contributed by atoms with Crippen LogP contribution >= 0.6 is 0 Å². The molecule has 0 radical (unpaired) electrons. The Labute approximate surface area is 98.5 Å². The lowest BCUT2D eigenvalue weighted by molar-refractivity contribution is -0.117. The van der Waals surface area contributed by atoms with E-state index < -0.39 is 0 Å². The summed E-state index contributed by atoms with van der Waals surface area (Å²) < 4.78 is 0. The third kappa shape index (κ3) is 1.94. The zero-order chi connectivity index (χ0) is 12.3. The summed E-state index contributed by atoms with van der Waals surface area (Å²) >= 11 is 0. The van der Waals surface area contributed by atoms with E-state index in [4.69, 9.17) is 10.8 Å². The molecule has 84 valence electrons. The Morgan fingerprint density at radius 3 is 2.94 bits per heavy atom. The molecule has 0 atom stereocenters. The van der Waals surface area contributed by atoms with Crippen LogP contribution in [0.5, 0.6) is 0 Å². The minimum atomic E-state index is -0.368. The van der Waals surface area contributed by atoms with Crippen molar-refractivity contribution in [2.24, 2.45) is 0 Å². The second-order valence-corrected chi connectivity index (χ2v) is 3.71. The van der Waals surface area contributed by atoms with Gasteiger partial charge in [0, 0.05) is 5.56 Å². The molecule has 17 heavy (non-hydrogen) atoms. The van der Waals surface area contributed by atoms with Crippen LogP contribution in [-0.4, -0.2) is 16.5 Å². The van der Waals surface area contributed by atoms with E-state index in [1.807, 2.05) is 24.3 Å². The van der Waals surface area contributed by atoms with Crippen LogP contribution in [0.2, 0.25) is 0 Å². The van der Waals surface area contributed by atoms with Gasteiger partial charge in [0.1, 0.15) is 12.1 Å². The van der Waals surface area contributed by atoms with Crippen LogP contribution in [0, 0.1) is 11.3 Å². The molecule has 0 aliphatic carbocycles. The number of rotatable bonds is 1. The van der Waals surface area contributed by atoms with Crippen LogP contribution in [-0.2, 0) is 11.2 Å². The standard InChI is InChI=1S/C12H10N4O/c13-8-7-12(17)16-10-4-2-1-3-9(10)5-6-11(16)15-14/h1-4H,5-7H2. The number of aryl methyl sites for hydroxylation is 1. The van der Waals surface area contributed by atoms with Gasteiger partial charge in [-0.1, -0.05) is 18.2 Å². The molecule has 2 rings (SSSR count). The zero-order valence-electron chi connectivity index (χ0n) is 9.13. The largest absolute Gasteiger partial charge is 0.497 e. The summed E-state index contributed by atoms with van der Waals surface area (Å²) in [6.07, 6.45) is 0.990. The second kappa shape index (κ2) is 4.60. The fourth-order valence-corrected chi connectivity index (χ4v) is 1.96. The Morgan fingerprint density at radius 1 is 1.47 bits per heavy atom. The van der Waals surface area contributed by atoms with E-state index in [0.29, 0.717) is 17.9 Å². The van der Waals surface area contributed by atoms with Crippen molar-refractivity contribution >= 4 is 17.4 Å². The summed E-state index contributed by atoms with van der Waals surface area (Å²) in [6.45, 7) is 0. The van der Waals surface area contributed by atoms with Gasteiger partial charge < -0.3 is 10.3 Å². The smallest absolute Gasteiger partial charge is 0.341 e. The Hall–Kier alpha value is -2.44. The van der Waals surface area contributed by atoms with Gasteiger partial charge in [0.2, 0.25) is 0 Å². The van der Waals surface area contributed by atoms with E-state index in [9.17, 15) is 4.79 Å². The molecule has 1 amide bonds. The van der Waals surface area contributed by atoms with Crippen molar-refractivity contribution in [3.05, 3.63) is 35.4 Å². The molecule has 0 saturated carbocycles. The number of fused-ring (bicyclic) bond motifs is 1. The molecule has 1 aromatic carbocycles. The highest BCUT2D eigenvalue weighted by atomic mass is 16.2. The van der Waals surface area contributed by atoms with E-state index in [2.05, 4.69) is 4.79 Å². The summed E-state index contributed by atoms with van der Waals surface area (Å²) in [7, 11) is 0. The van der Waals surface area contributed by atoms with Crippen molar-refractivity contribution in [3.8, 4) is 6.07 Å². The van der Waals surface area contributed by atoms with Crippen LogP contribution < -0.4 is 4.90 Å². The first-order valence-electron chi connectivity index (χ1n) is 5.26. The number of benzene rings is 1. The summed E-state index contributed by atoms with van der Waals surface area (Å²) in [5.41, 5.74) is 10.6. The van der Waals surface area contributed by atoms with Gasteiger partial charge in [-0.3, -0.25) is 0 Å². The number of hydrogen-bond donors (Lipinski definition) is 0. The molecule has 5 nitrogen and oxygen atoms in total. The Bertz CT molecular complexity index is 552. The molecule has 0 aromatic heterocycles. The maximum Gasteiger partial charge on any atom is 0.341 e. The van der Waals surface area contributed by atoms with Crippen molar-refractivity contribution in [1.82, 2.24) is 0 Å². The Kier molecular flexibility index (Phi) is 2.99. The quantitative estimate of drug-likeness (QED) is 0.537. The van der Waals surface area contributed by atoms with Crippen LogP contribution in [0.4, 0.5) is 5.69 Å². The zero-order valence-corrected chi connectivity index (χ0v) is 9.13. The van der Waals surface area contributed by atoms with E-state index in [0.717, 1.165) is 12.0 Å². The number of nitrogens with zero attached hydrogens (tertiary/aromatic N) is 4. The van der Waals surface area contributed by atoms with Gasteiger partial charge in [0.15, 0.2) is 0 Å². The van der Waals surface area contributed by atoms with Crippen molar-refractivity contribution in [2.75, 3.05) is 4.90 Å². The van der Waals surface area contributed by atoms with Crippen LogP contribution in [0.25, 0.3) is 5.53 Å². The molecule has 0 fully saturated rings. The summed E-state index contributed by atoms with van der Waals surface area (Å²) in [5, 5.41) is 8.57. The van der Waals surface area contributed by atoms with E-state index in [1.54, 1.807) is 6.07 Å². The summed E-state index contributed by atoms with van der Waals surface area (Å²) in [4.78, 5) is 16.3. The third-order valence-corrected chi connectivity index (χ3v) is 2.70. The second-order valence-electron chi connectivity index (χ2n) is 3.71. The van der Waals surface area contributed by atoms with Gasteiger partial charge in [-0.25, -0.2) is 4.79 Å². The molecule has 1 aromatic rings. The number of carbonyl (C=O) groups is 1. The number of hydrogen-bond acceptors (Lipinski definition) is 2. The van der Waals surface area contributed by atoms with E-state index in [-0.39, 0.29) is 12.3 Å². The van der Waals surface area contributed by atoms with Crippen molar-refractivity contribution < 1.29 is 9.58 Å². The number of amidine groups is 1. The summed E-state index contributed by atoms with van der Waals surface area (Å²) in [6, 6.07) is 9.23. The first-order chi connectivity index (χ1) is 8.27. The minimum Gasteiger partial charge on any atom is -0.497 e. The first-order valence-corrected chi connectivity index (χ1v) is 5.26. The van der Waals surface area contributed by atoms with Crippen LogP contribution in [0.1, 0.15) is 18.4 Å². The van der Waals surface area contributed by atoms with Gasteiger partial charge in [-0.2, -0.15) is 10.2 Å². The van der Waals surface area contributed by atoms with Crippen molar-refractivity contribution in [1.29, 1.82) is 5.26 Å². The Balaban J connectivity index is 2.49. The molecule has 0 saturated heterocycles. The molecule has 0 N–H and O–H groups in total. The predicted octanol–water partition coefficient (Wildman–Crippen LogP) is 1.51. The highest BCUT2D eigenvalue weighted by molar-refractivity contribution is 6.17. The number of carbonyl (C=O) groups excluding carboxylic acids is 1. The average molecular weight is 226 g/mol. The number of anilines is 1. The minimum absolute atomic E-state index is 0.229. The molecule has 0 spiro atoms. The predicted molar refractivity (Wildman–Crippen MR) is 61.1 cm³/mol. The van der Waals surface area contributed by atoms with E-state index in [1.165, 1.54) is 4.90 Å². The van der Waals surface area contributed by atoms with Crippen molar-refractivity contribution in [2.45, 2.75) is 19.3 Å². The lowest BCUT2D eigenvalue weighted by Gasteiger charge is -2.20. The van der Waals surface area contributed by atoms with Gasteiger partial charge in [0.25, 0.3) is 0 Å². The number of nitriles is 1. The highest BCUT2D eigenvalue weighted by Gasteiger charge is 2.35. The molecule has 0 bridgehead atoms. The maximum atomic E-state index is 11.8. The van der Waals surface area contributed by atoms with E-state index >= 15 is 0 Å². The highest BCUT2D eigenvalue weighted by Crippen LogP contribution is 2.27. The molecule has 5 heteroatoms. The molecular formula is C12H10N4O. The summed E-state index contributed by atoms with van der Waals surface area (Å²) in [5.74, 6) is -0.0728. The fraction of sp³-hybridized carbons (Fsp3) is 0.250. The van der Waals surface area contributed by atoms with Gasteiger partial charge >= 0.3 is 11.7 Å². The van der Waals surface area contributed by atoms with Crippen LogP contribution in [0.3, 0.4) is 0 Å². The van der Waals surface area contributed by atoms with Crippen LogP contribution in [0.15, 0.2) is 24.3 Å². The Morgan fingerprint density at radius 2 is 2.24 bits per heavy atom. The molecular weight excluding hydrogens is 216 g/mol. The number of amides is 1. The first kappa shape index (κ1) is 11.1. The molecule has 1 aliphatic rings. The topological polar surface area (TPSA) is 80.5 Å². The van der Waals surface area contributed by atoms with Gasteiger partial charge in [-0.15, -0.1) is 0 Å².